The fraction of sp³-hybridized carbons (Fsp3) is 0.409. The van der Waals surface area contributed by atoms with E-state index in [9.17, 15) is 26.4 Å². The molecule has 5 nitrogen and oxygen atoms in total. The van der Waals surface area contributed by atoms with Crippen LogP contribution in [0.5, 0.6) is 0 Å². The minimum Gasteiger partial charge on any atom is -0.321 e. The summed E-state index contributed by atoms with van der Waals surface area (Å²) in [6.07, 6.45) is -3.86. The topological polar surface area (TPSA) is 66.5 Å². The number of anilines is 1. The molecular weight excluding hydrogens is 461 g/mol. The number of hydrogen-bond acceptors (Lipinski definition) is 4. The first-order valence-electron chi connectivity index (χ1n) is 10.2. The fourth-order valence-electron chi connectivity index (χ4n) is 2.96. The Kier molecular flexibility index (Phi) is 8.78. The van der Waals surface area contributed by atoms with Gasteiger partial charge in [0.1, 0.15) is 0 Å². The zero-order chi connectivity index (χ0) is 24.1. The van der Waals surface area contributed by atoms with Crippen molar-refractivity contribution in [3.63, 3.8) is 0 Å². The van der Waals surface area contributed by atoms with Crippen LogP contribution < -0.4 is 5.32 Å². The highest BCUT2D eigenvalue weighted by molar-refractivity contribution is 7.99. The lowest BCUT2D eigenvalue weighted by Gasteiger charge is -2.19. The van der Waals surface area contributed by atoms with E-state index in [0.29, 0.717) is 4.90 Å². The molecule has 0 aromatic heterocycles. The van der Waals surface area contributed by atoms with Crippen LogP contribution in [0.25, 0.3) is 0 Å². The van der Waals surface area contributed by atoms with Crippen molar-refractivity contribution in [1.29, 1.82) is 0 Å². The summed E-state index contributed by atoms with van der Waals surface area (Å²) in [5, 5.41) is 2.43. The van der Waals surface area contributed by atoms with Crippen LogP contribution in [0.4, 0.5) is 18.9 Å². The highest BCUT2D eigenvalue weighted by Gasteiger charge is 2.34. The summed E-state index contributed by atoms with van der Waals surface area (Å²) in [5.74, 6) is -0.825. The fourth-order valence-corrected chi connectivity index (χ4v) is 5.43. The van der Waals surface area contributed by atoms with Crippen molar-refractivity contribution >= 4 is 33.4 Å². The van der Waals surface area contributed by atoms with E-state index >= 15 is 0 Å². The number of nitrogens with one attached hydrogen (secondary N) is 1. The molecule has 0 fully saturated rings. The zero-order valence-corrected chi connectivity index (χ0v) is 20.0. The Morgan fingerprint density at radius 3 is 2.31 bits per heavy atom. The predicted octanol–water partition coefficient (Wildman–Crippen LogP) is 5.88. The molecule has 1 N–H and O–H groups in total. The summed E-state index contributed by atoms with van der Waals surface area (Å²) in [6.45, 7) is 7.77. The summed E-state index contributed by atoms with van der Waals surface area (Å²) < 4.78 is 67.6. The second-order valence-corrected chi connectivity index (χ2v) is 10.6. The van der Waals surface area contributed by atoms with E-state index in [1.165, 1.54) is 52.5 Å². The van der Waals surface area contributed by atoms with Gasteiger partial charge in [-0.05, 0) is 42.8 Å². The average molecular weight is 489 g/mol. The maximum absolute atomic E-state index is 13.6. The molecule has 10 heteroatoms. The molecule has 0 saturated carbocycles. The molecule has 0 aliphatic carbocycles. The quantitative estimate of drug-likeness (QED) is 0.448. The van der Waals surface area contributed by atoms with Gasteiger partial charge in [0.05, 0.1) is 16.1 Å². The summed E-state index contributed by atoms with van der Waals surface area (Å²) >= 11 is 1.33. The third-order valence-electron chi connectivity index (χ3n) is 4.90. The van der Waals surface area contributed by atoms with Crippen LogP contribution in [0, 0.1) is 0 Å². The van der Waals surface area contributed by atoms with Gasteiger partial charge in [-0.25, -0.2) is 8.42 Å². The lowest BCUT2D eigenvalue weighted by atomic mass is 10.1. The minimum absolute atomic E-state index is 0.0515. The van der Waals surface area contributed by atoms with Crippen molar-refractivity contribution < 1.29 is 26.4 Å². The molecule has 2 aromatic carbocycles. The molecule has 1 unspecified atom stereocenters. The second kappa shape index (κ2) is 10.7. The monoisotopic (exact) mass is 488 g/mol. The molecule has 0 spiro atoms. The van der Waals surface area contributed by atoms with E-state index in [-0.39, 0.29) is 34.5 Å². The third kappa shape index (κ3) is 6.26. The van der Waals surface area contributed by atoms with Crippen LogP contribution in [-0.2, 0) is 16.2 Å². The number of sulfonamides is 1. The third-order valence-corrected chi connectivity index (χ3v) is 8.20. The summed E-state index contributed by atoms with van der Waals surface area (Å²) in [5.41, 5.74) is -1.39. The molecule has 176 valence electrons. The van der Waals surface area contributed by atoms with Crippen molar-refractivity contribution in [1.82, 2.24) is 4.31 Å². The second-order valence-electron chi connectivity index (χ2n) is 7.11. The number of hydrogen-bond donors (Lipinski definition) is 1. The Morgan fingerprint density at radius 2 is 1.75 bits per heavy atom. The number of amides is 1. The SMILES string of the molecule is CCC(C)Sc1ccc(NC(=O)c2cccc(S(=O)(=O)N(CC)CC)c2)c(C(F)(F)F)c1. The van der Waals surface area contributed by atoms with Crippen molar-refractivity contribution in [3.8, 4) is 0 Å². The standard InChI is InChI=1S/C22H27F3N2O3S2/c1-5-15(4)31-17-11-12-20(19(14-17)22(23,24)25)26-21(28)16-9-8-10-18(13-16)32(29,30)27(6-2)7-3/h8-15H,5-7H2,1-4H3,(H,26,28). The van der Waals surface area contributed by atoms with Gasteiger partial charge in [0.15, 0.2) is 0 Å². The summed E-state index contributed by atoms with van der Waals surface area (Å²) in [4.78, 5) is 13.1. The van der Waals surface area contributed by atoms with Crippen molar-refractivity contribution in [2.24, 2.45) is 0 Å². The van der Waals surface area contributed by atoms with E-state index in [1.54, 1.807) is 13.8 Å². The van der Waals surface area contributed by atoms with Gasteiger partial charge in [0, 0.05) is 28.8 Å². The highest BCUT2D eigenvalue weighted by atomic mass is 32.2. The molecule has 0 aliphatic heterocycles. The zero-order valence-electron chi connectivity index (χ0n) is 18.4. The van der Waals surface area contributed by atoms with E-state index in [0.717, 1.165) is 12.5 Å². The maximum atomic E-state index is 13.6. The first-order valence-corrected chi connectivity index (χ1v) is 12.5. The lowest BCUT2D eigenvalue weighted by molar-refractivity contribution is -0.137. The first kappa shape index (κ1) is 26.2. The molecule has 0 saturated heterocycles. The van der Waals surface area contributed by atoms with Gasteiger partial charge in [0.2, 0.25) is 10.0 Å². The van der Waals surface area contributed by atoms with Gasteiger partial charge in [-0.3, -0.25) is 4.79 Å². The Morgan fingerprint density at radius 1 is 1.09 bits per heavy atom. The number of rotatable bonds is 9. The number of carbonyl (C=O) groups excluding carboxylic acids is 1. The molecular formula is C22H27F3N2O3S2. The maximum Gasteiger partial charge on any atom is 0.418 e. The Hall–Kier alpha value is -2.04. The average Bonchev–Trinajstić information content (AvgIpc) is 2.74. The first-order chi connectivity index (χ1) is 14.9. The number of thioether (sulfide) groups is 1. The summed E-state index contributed by atoms with van der Waals surface area (Å²) in [6, 6.07) is 9.05. The van der Waals surface area contributed by atoms with Gasteiger partial charge in [0.25, 0.3) is 5.91 Å². The predicted molar refractivity (Wildman–Crippen MR) is 122 cm³/mol. The lowest BCUT2D eigenvalue weighted by Crippen LogP contribution is -2.30. The highest BCUT2D eigenvalue weighted by Crippen LogP contribution is 2.38. The van der Waals surface area contributed by atoms with Crippen molar-refractivity contribution in [2.75, 3.05) is 18.4 Å². The molecule has 0 bridgehead atoms. The molecule has 0 aliphatic rings. The Labute approximate surface area is 191 Å². The van der Waals surface area contributed by atoms with Crippen LogP contribution in [0.2, 0.25) is 0 Å². The molecule has 0 heterocycles. The van der Waals surface area contributed by atoms with E-state index in [2.05, 4.69) is 5.32 Å². The van der Waals surface area contributed by atoms with E-state index in [1.807, 2.05) is 13.8 Å². The molecule has 1 amide bonds. The van der Waals surface area contributed by atoms with Gasteiger partial charge < -0.3 is 5.32 Å². The van der Waals surface area contributed by atoms with E-state index in [4.69, 9.17) is 0 Å². The van der Waals surface area contributed by atoms with Crippen LogP contribution >= 0.6 is 11.8 Å². The van der Waals surface area contributed by atoms with Gasteiger partial charge in [-0.15, -0.1) is 11.8 Å². The van der Waals surface area contributed by atoms with Crippen molar-refractivity contribution in [2.45, 2.75) is 55.3 Å². The minimum atomic E-state index is -4.66. The van der Waals surface area contributed by atoms with Gasteiger partial charge in [-0.1, -0.05) is 33.8 Å². The van der Waals surface area contributed by atoms with Crippen LogP contribution in [0.1, 0.15) is 50.0 Å². The van der Waals surface area contributed by atoms with E-state index < -0.39 is 27.7 Å². The normalized spacial score (nSPS) is 13.2. The van der Waals surface area contributed by atoms with Crippen molar-refractivity contribution in [3.05, 3.63) is 53.6 Å². The van der Waals surface area contributed by atoms with Crippen LogP contribution in [0.15, 0.2) is 52.3 Å². The van der Waals surface area contributed by atoms with Gasteiger partial charge >= 0.3 is 6.18 Å². The Balaban J connectivity index is 2.37. The largest absolute Gasteiger partial charge is 0.418 e. The molecule has 0 radical (unpaired) electrons. The molecule has 1 atom stereocenters. The number of benzene rings is 2. The number of halogens is 3. The smallest absolute Gasteiger partial charge is 0.321 e. The number of carbonyl (C=O) groups is 1. The van der Waals surface area contributed by atoms with Gasteiger partial charge in [-0.2, -0.15) is 17.5 Å². The number of alkyl halides is 3. The number of nitrogens with zero attached hydrogens (tertiary/aromatic N) is 1. The van der Waals surface area contributed by atoms with Crippen LogP contribution in [0.3, 0.4) is 0 Å². The Bertz CT molecular complexity index is 1050. The summed E-state index contributed by atoms with van der Waals surface area (Å²) in [7, 11) is -3.81. The molecule has 32 heavy (non-hydrogen) atoms. The van der Waals surface area contributed by atoms with Crippen LogP contribution in [-0.4, -0.2) is 37.0 Å². The molecule has 2 aromatic rings. The molecule has 2 rings (SSSR count).